The number of carbonyl (C=O) groups excluding carboxylic acids is 2. The second-order valence-electron chi connectivity index (χ2n) is 4.92. The molecule has 1 aliphatic rings. The molecule has 0 aromatic heterocycles. The Morgan fingerprint density at radius 1 is 1.40 bits per heavy atom. The van der Waals surface area contributed by atoms with Gasteiger partial charge >= 0.3 is 5.97 Å². The summed E-state index contributed by atoms with van der Waals surface area (Å²) in [5, 5.41) is 0. The smallest absolute Gasteiger partial charge is 0.371 e. The maximum absolute atomic E-state index is 11.0. The second-order valence-corrected chi connectivity index (χ2v) is 4.92. The summed E-state index contributed by atoms with van der Waals surface area (Å²) in [6, 6.07) is 0. The van der Waals surface area contributed by atoms with E-state index in [2.05, 4.69) is 20.8 Å². The van der Waals surface area contributed by atoms with Crippen molar-refractivity contribution in [2.75, 3.05) is 0 Å². The predicted octanol–water partition coefficient (Wildman–Crippen LogP) is 2.19. The molecular weight excluding hydrogens is 192 g/mol. The Morgan fingerprint density at radius 3 is 2.60 bits per heavy atom. The van der Waals surface area contributed by atoms with Crippen molar-refractivity contribution in [1.82, 2.24) is 0 Å². The Labute approximate surface area is 91.2 Å². The summed E-state index contributed by atoms with van der Waals surface area (Å²) >= 11 is 0. The number of ether oxygens (including phenoxy) is 1. The number of hydrogen-bond acceptors (Lipinski definition) is 3. The number of aldehydes is 1. The van der Waals surface area contributed by atoms with E-state index in [1.807, 2.05) is 0 Å². The van der Waals surface area contributed by atoms with Gasteiger partial charge < -0.3 is 4.74 Å². The summed E-state index contributed by atoms with van der Waals surface area (Å²) in [4.78, 5) is 21.2. The quantitative estimate of drug-likeness (QED) is 0.409. The molecule has 0 heterocycles. The van der Waals surface area contributed by atoms with Crippen LogP contribution in [0.2, 0.25) is 0 Å². The van der Waals surface area contributed by atoms with Gasteiger partial charge in [-0.15, -0.1) is 0 Å². The number of rotatable bonds is 3. The van der Waals surface area contributed by atoms with Gasteiger partial charge in [0.05, 0.1) is 0 Å². The van der Waals surface area contributed by atoms with Gasteiger partial charge in [0.2, 0.25) is 6.29 Å². The predicted molar refractivity (Wildman–Crippen MR) is 57.3 cm³/mol. The summed E-state index contributed by atoms with van der Waals surface area (Å²) in [5.41, 5.74) is 0. The molecule has 0 bridgehead atoms. The molecule has 1 saturated carbocycles. The monoisotopic (exact) mass is 212 g/mol. The van der Waals surface area contributed by atoms with Crippen molar-refractivity contribution in [2.45, 2.75) is 46.1 Å². The van der Waals surface area contributed by atoms with E-state index in [0.29, 0.717) is 17.8 Å². The third-order valence-electron chi connectivity index (χ3n) is 3.33. The minimum Gasteiger partial charge on any atom is -0.457 e. The van der Waals surface area contributed by atoms with Crippen molar-refractivity contribution < 1.29 is 14.3 Å². The normalized spacial score (nSPS) is 31.3. The number of esters is 1. The molecule has 0 N–H and O–H groups in total. The zero-order valence-corrected chi connectivity index (χ0v) is 9.73. The molecule has 0 aliphatic heterocycles. The largest absolute Gasteiger partial charge is 0.457 e. The van der Waals surface area contributed by atoms with E-state index >= 15 is 0 Å². The highest BCUT2D eigenvalue weighted by molar-refractivity contribution is 6.20. The third kappa shape index (κ3) is 3.33. The van der Waals surface area contributed by atoms with Crippen LogP contribution < -0.4 is 0 Å². The Kier molecular flexibility index (Phi) is 4.30. The molecule has 0 amide bonds. The van der Waals surface area contributed by atoms with Gasteiger partial charge in [0, 0.05) is 0 Å². The molecule has 1 fully saturated rings. The van der Waals surface area contributed by atoms with Gasteiger partial charge in [0.1, 0.15) is 6.10 Å². The maximum atomic E-state index is 11.0. The zero-order chi connectivity index (χ0) is 11.4. The van der Waals surface area contributed by atoms with Crippen molar-refractivity contribution in [3.8, 4) is 0 Å². The first-order valence-electron chi connectivity index (χ1n) is 5.70. The fraction of sp³-hybridized carbons (Fsp3) is 0.833. The molecule has 3 atom stereocenters. The van der Waals surface area contributed by atoms with Crippen LogP contribution in [0.1, 0.15) is 40.0 Å². The van der Waals surface area contributed by atoms with E-state index in [0.717, 1.165) is 12.8 Å². The van der Waals surface area contributed by atoms with Gasteiger partial charge in [-0.2, -0.15) is 0 Å². The molecule has 3 heteroatoms. The van der Waals surface area contributed by atoms with Crippen molar-refractivity contribution in [3.63, 3.8) is 0 Å². The van der Waals surface area contributed by atoms with Crippen molar-refractivity contribution >= 4 is 12.3 Å². The third-order valence-corrected chi connectivity index (χ3v) is 3.33. The van der Waals surface area contributed by atoms with E-state index in [1.165, 1.54) is 6.42 Å². The number of hydrogen-bond donors (Lipinski definition) is 0. The molecule has 0 spiro atoms. The molecule has 0 aromatic carbocycles. The molecule has 0 aromatic rings. The first-order valence-corrected chi connectivity index (χ1v) is 5.70. The van der Waals surface area contributed by atoms with Crippen LogP contribution >= 0.6 is 0 Å². The molecule has 0 radical (unpaired) electrons. The summed E-state index contributed by atoms with van der Waals surface area (Å²) in [5.74, 6) is 0.774. The highest BCUT2D eigenvalue weighted by Crippen LogP contribution is 2.35. The van der Waals surface area contributed by atoms with Crippen LogP contribution in [0.25, 0.3) is 0 Å². The average molecular weight is 212 g/mol. The van der Waals surface area contributed by atoms with Gasteiger partial charge in [0.15, 0.2) is 0 Å². The molecule has 15 heavy (non-hydrogen) atoms. The average Bonchev–Trinajstić information content (AvgIpc) is 2.17. The van der Waals surface area contributed by atoms with Crippen LogP contribution in [-0.4, -0.2) is 18.4 Å². The summed E-state index contributed by atoms with van der Waals surface area (Å²) in [7, 11) is 0. The highest BCUT2D eigenvalue weighted by atomic mass is 16.5. The van der Waals surface area contributed by atoms with Gasteiger partial charge in [-0.1, -0.05) is 27.2 Å². The van der Waals surface area contributed by atoms with Crippen LogP contribution in [-0.2, 0) is 14.3 Å². The molecule has 86 valence electrons. The standard InChI is InChI=1S/C12H20O3/c1-8(2)10-5-4-9(3)6-11(10)15-12(14)7-13/h7-11H,4-6H2,1-3H3/t9-,10+,11-/m1/s1. The summed E-state index contributed by atoms with van der Waals surface area (Å²) < 4.78 is 5.18. The van der Waals surface area contributed by atoms with Gasteiger partial charge in [-0.05, 0) is 30.6 Å². The summed E-state index contributed by atoms with van der Waals surface area (Å²) in [6.07, 6.45) is 3.37. The van der Waals surface area contributed by atoms with E-state index < -0.39 is 5.97 Å². The Hall–Kier alpha value is -0.860. The van der Waals surface area contributed by atoms with E-state index in [1.54, 1.807) is 0 Å². The van der Waals surface area contributed by atoms with E-state index in [9.17, 15) is 9.59 Å². The zero-order valence-electron chi connectivity index (χ0n) is 9.73. The van der Waals surface area contributed by atoms with Crippen LogP contribution in [0.3, 0.4) is 0 Å². The van der Waals surface area contributed by atoms with Crippen LogP contribution in [0.5, 0.6) is 0 Å². The Bertz CT molecular complexity index is 235. The highest BCUT2D eigenvalue weighted by Gasteiger charge is 2.33. The molecule has 1 aliphatic carbocycles. The van der Waals surface area contributed by atoms with E-state index in [-0.39, 0.29) is 12.4 Å². The summed E-state index contributed by atoms with van der Waals surface area (Å²) in [6.45, 7) is 6.45. The van der Waals surface area contributed by atoms with Crippen LogP contribution in [0, 0.1) is 17.8 Å². The molecule has 3 nitrogen and oxygen atoms in total. The fourth-order valence-corrected chi connectivity index (χ4v) is 2.43. The Balaban J connectivity index is 2.61. The molecular formula is C12H20O3. The SMILES string of the molecule is CC(C)[C@@H]1CC[C@@H](C)C[C@H]1OC(=O)C=O. The fourth-order valence-electron chi connectivity index (χ4n) is 2.43. The minimum absolute atomic E-state index is 0.0635. The minimum atomic E-state index is -0.722. The first-order chi connectivity index (χ1) is 7.04. The van der Waals surface area contributed by atoms with Crippen molar-refractivity contribution in [3.05, 3.63) is 0 Å². The Morgan fingerprint density at radius 2 is 2.07 bits per heavy atom. The lowest BCUT2D eigenvalue weighted by Crippen LogP contribution is -2.36. The lowest BCUT2D eigenvalue weighted by Gasteiger charge is -2.36. The van der Waals surface area contributed by atoms with Crippen molar-refractivity contribution in [1.29, 1.82) is 0 Å². The van der Waals surface area contributed by atoms with Crippen LogP contribution in [0.15, 0.2) is 0 Å². The van der Waals surface area contributed by atoms with Gasteiger partial charge in [0.25, 0.3) is 0 Å². The molecule has 0 saturated heterocycles. The lowest BCUT2D eigenvalue weighted by atomic mass is 9.75. The maximum Gasteiger partial charge on any atom is 0.371 e. The lowest BCUT2D eigenvalue weighted by molar-refractivity contribution is -0.158. The topological polar surface area (TPSA) is 43.4 Å². The van der Waals surface area contributed by atoms with Gasteiger partial charge in [-0.25, -0.2) is 4.79 Å². The van der Waals surface area contributed by atoms with E-state index in [4.69, 9.17) is 4.74 Å². The molecule has 1 rings (SSSR count). The number of carbonyl (C=O) groups is 2. The van der Waals surface area contributed by atoms with Crippen molar-refractivity contribution in [2.24, 2.45) is 17.8 Å². The molecule has 0 unspecified atom stereocenters. The van der Waals surface area contributed by atoms with Gasteiger partial charge in [-0.3, -0.25) is 4.79 Å². The second kappa shape index (κ2) is 5.29. The van der Waals surface area contributed by atoms with Crippen LogP contribution in [0.4, 0.5) is 0 Å². The first kappa shape index (κ1) is 12.2.